The number of carbonyl (C=O) groups is 2. The lowest BCUT2D eigenvalue weighted by atomic mass is 10.0. The summed E-state index contributed by atoms with van der Waals surface area (Å²) in [5.41, 5.74) is 9.65. The van der Waals surface area contributed by atoms with E-state index in [9.17, 15) is 9.59 Å². The Hall–Kier alpha value is -4.07. The molecule has 3 aromatic rings. The van der Waals surface area contributed by atoms with E-state index in [1.54, 1.807) is 24.5 Å². The number of benzene rings is 2. The average molecular weight is 416 g/mol. The minimum absolute atomic E-state index is 0.00202. The molecule has 1 heterocycles. The van der Waals surface area contributed by atoms with Crippen LogP contribution >= 0.6 is 0 Å². The Kier molecular flexibility index (Phi) is 7.05. The van der Waals surface area contributed by atoms with Crippen molar-refractivity contribution in [2.75, 3.05) is 10.6 Å². The van der Waals surface area contributed by atoms with Crippen LogP contribution in [0.2, 0.25) is 0 Å². The van der Waals surface area contributed by atoms with Crippen molar-refractivity contribution in [2.24, 2.45) is 5.73 Å². The summed E-state index contributed by atoms with van der Waals surface area (Å²) in [4.78, 5) is 31.6. The molecule has 0 saturated heterocycles. The number of aromatic nitrogens is 2. The van der Waals surface area contributed by atoms with E-state index in [-0.39, 0.29) is 23.9 Å². The summed E-state index contributed by atoms with van der Waals surface area (Å²) in [6.45, 7) is 1.46. The fourth-order valence-electron chi connectivity index (χ4n) is 3.00. The predicted molar refractivity (Wildman–Crippen MR) is 121 cm³/mol. The van der Waals surface area contributed by atoms with E-state index in [0.29, 0.717) is 18.8 Å². The van der Waals surface area contributed by atoms with Crippen molar-refractivity contribution in [1.29, 1.82) is 5.41 Å². The summed E-state index contributed by atoms with van der Waals surface area (Å²) in [6, 6.07) is 15.1. The highest BCUT2D eigenvalue weighted by molar-refractivity contribution is 5.98. The molecule has 8 nitrogen and oxygen atoms in total. The van der Waals surface area contributed by atoms with Crippen LogP contribution in [0.1, 0.15) is 25.3 Å². The van der Waals surface area contributed by atoms with E-state index in [1.165, 1.54) is 6.92 Å². The molecule has 8 heteroatoms. The maximum Gasteiger partial charge on any atom is 0.227 e. The number of amidine groups is 1. The summed E-state index contributed by atoms with van der Waals surface area (Å²) < 4.78 is 0. The van der Waals surface area contributed by atoms with Gasteiger partial charge in [0.2, 0.25) is 11.9 Å². The molecule has 0 saturated carbocycles. The van der Waals surface area contributed by atoms with Crippen LogP contribution in [0.15, 0.2) is 60.9 Å². The number of anilines is 3. The number of carbonyl (C=O) groups excluding carboxylic acids is 2. The maximum absolute atomic E-state index is 11.8. The Morgan fingerprint density at radius 2 is 1.68 bits per heavy atom. The van der Waals surface area contributed by atoms with Gasteiger partial charge in [0.1, 0.15) is 5.78 Å². The molecule has 0 aliphatic carbocycles. The van der Waals surface area contributed by atoms with Crippen molar-refractivity contribution >= 4 is 34.8 Å². The predicted octanol–water partition coefficient (Wildman–Crippen LogP) is 3.67. The van der Waals surface area contributed by atoms with Crippen molar-refractivity contribution in [2.45, 2.75) is 26.2 Å². The zero-order chi connectivity index (χ0) is 22.2. The number of aryl methyl sites for hydroxylation is 1. The van der Waals surface area contributed by atoms with Crippen molar-refractivity contribution in [3.05, 3.63) is 66.5 Å². The molecular weight excluding hydrogens is 392 g/mol. The van der Waals surface area contributed by atoms with Crippen LogP contribution in [-0.2, 0) is 16.0 Å². The molecule has 0 bridgehead atoms. The first-order valence-electron chi connectivity index (χ1n) is 9.79. The molecule has 0 spiro atoms. The van der Waals surface area contributed by atoms with Gasteiger partial charge in [-0.15, -0.1) is 0 Å². The molecule has 0 aliphatic rings. The molecule has 1 amide bonds. The van der Waals surface area contributed by atoms with Gasteiger partial charge >= 0.3 is 0 Å². The van der Waals surface area contributed by atoms with Gasteiger partial charge in [-0.3, -0.25) is 15.0 Å². The number of nitrogens with one attached hydrogen (secondary N) is 3. The number of rotatable bonds is 9. The van der Waals surface area contributed by atoms with Crippen LogP contribution in [-0.4, -0.2) is 27.5 Å². The molecule has 1 aromatic heterocycles. The third kappa shape index (κ3) is 6.74. The van der Waals surface area contributed by atoms with Gasteiger partial charge in [0.15, 0.2) is 0 Å². The van der Waals surface area contributed by atoms with Gasteiger partial charge in [-0.05, 0) is 41.8 Å². The van der Waals surface area contributed by atoms with Crippen LogP contribution in [0, 0.1) is 5.41 Å². The SMILES string of the molecule is CC(=O)Nc1ccc(Nc2ncc(-c3cccc(CCC(=O)CC(=N)N)c3)cn2)cc1. The number of hydrogen-bond donors (Lipinski definition) is 4. The molecule has 0 radical (unpaired) electrons. The summed E-state index contributed by atoms with van der Waals surface area (Å²) in [6.07, 6.45) is 4.41. The van der Waals surface area contributed by atoms with Gasteiger partial charge < -0.3 is 16.4 Å². The molecule has 0 atom stereocenters. The van der Waals surface area contributed by atoms with Gasteiger partial charge in [0, 0.05) is 42.7 Å². The normalized spacial score (nSPS) is 10.4. The van der Waals surface area contributed by atoms with Gasteiger partial charge in [0.25, 0.3) is 0 Å². The second-order valence-electron chi connectivity index (χ2n) is 7.12. The molecule has 31 heavy (non-hydrogen) atoms. The Morgan fingerprint density at radius 3 is 2.32 bits per heavy atom. The van der Waals surface area contributed by atoms with Gasteiger partial charge in [-0.25, -0.2) is 9.97 Å². The Labute approximate surface area is 180 Å². The minimum atomic E-state index is -0.119. The number of amides is 1. The average Bonchev–Trinajstić information content (AvgIpc) is 2.74. The van der Waals surface area contributed by atoms with Gasteiger partial charge in [-0.2, -0.15) is 0 Å². The lowest BCUT2D eigenvalue weighted by Crippen LogP contribution is -2.15. The van der Waals surface area contributed by atoms with E-state index in [2.05, 4.69) is 20.6 Å². The highest BCUT2D eigenvalue weighted by Gasteiger charge is 2.07. The Morgan fingerprint density at radius 1 is 1.00 bits per heavy atom. The third-order valence-electron chi connectivity index (χ3n) is 4.45. The van der Waals surface area contributed by atoms with Crippen LogP contribution in [0.5, 0.6) is 0 Å². The van der Waals surface area contributed by atoms with E-state index in [1.807, 2.05) is 36.4 Å². The van der Waals surface area contributed by atoms with Crippen LogP contribution in [0.25, 0.3) is 11.1 Å². The minimum Gasteiger partial charge on any atom is -0.387 e. The summed E-state index contributed by atoms with van der Waals surface area (Å²) in [5.74, 6) is 0.198. The van der Waals surface area contributed by atoms with E-state index >= 15 is 0 Å². The molecule has 158 valence electrons. The van der Waals surface area contributed by atoms with E-state index in [0.717, 1.165) is 28.1 Å². The number of nitrogens with two attached hydrogens (primary N) is 1. The van der Waals surface area contributed by atoms with Crippen LogP contribution in [0.4, 0.5) is 17.3 Å². The molecule has 0 fully saturated rings. The summed E-state index contributed by atoms with van der Waals surface area (Å²) in [5, 5.41) is 13.0. The van der Waals surface area contributed by atoms with Crippen molar-refractivity contribution < 1.29 is 9.59 Å². The van der Waals surface area contributed by atoms with Crippen LogP contribution < -0.4 is 16.4 Å². The molecule has 5 N–H and O–H groups in total. The van der Waals surface area contributed by atoms with E-state index < -0.39 is 0 Å². The number of nitrogens with zero attached hydrogens (tertiary/aromatic N) is 2. The van der Waals surface area contributed by atoms with Crippen molar-refractivity contribution in [1.82, 2.24) is 9.97 Å². The van der Waals surface area contributed by atoms with Crippen molar-refractivity contribution in [3.63, 3.8) is 0 Å². The summed E-state index contributed by atoms with van der Waals surface area (Å²) >= 11 is 0. The fraction of sp³-hybridized carbons (Fsp3) is 0.174. The smallest absolute Gasteiger partial charge is 0.227 e. The largest absolute Gasteiger partial charge is 0.387 e. The molecule has 0 unspecified atom stereocenters. The zero-order valence-electron chi connectivity index (χ0n) is 17.2. The summed E-state index contributed by atoms with van der Waals surface area (Å²) in [7, 11) is 0. The van der Waals surface area contributed by atoms with Crippen LogP contribution in [0.3, 0.4) is 0 Å². The third-order valence-corrected chi connectivity index (χ3v) is 4.45. The molecule has 0 aliphatic heterocycles. The van der Waals surface area contributed by atoms with Crippen molar-refractivity contribution in [3.8, 4) is 11.1 Å². The molecule has 3 rings (SSSR count). The number of hydrogen-bond acceptors (Lipinski definition) is 6. The second-order valence-corrected chi connectivity index (χ2v) is 7.12. The zero-order valence-corrected chi connectivity index (χ0v) is 17.2. The Bertz CT molecular complexity index is 1080. The number of ketones is 1. The molecular formula is C23H24N6O2. The highest BCUT2D eigenvalue weighted by Crippen LogP contribution is 2.22. The number of Topliss-reactive ketones (excluding diaryl/α,β-unsaturated/α-hetero) is 1. The monoisotopic (exact) mass is 416 g/mol. The quantitative estimate of drug-likeness (QED) is 0.311. The van der Waals surface area contributed by atoms with E-state index in [4.69, 9.17) is 11.1 Å². The first-order chi connectivity index (χ1) is 14.9. The maximum atomic E-state index is 11.8. The first kappa shape index (κ1) is 21.6. The fourth-order valence-corrected chi connectivity index (χ4v) is 3.00. The lowest BCUT2D eigenvalue weighted by molar-refractivity contribution is -0.118. The molecule has 2 aromatic carbocycles. The second kappa shape index (κ2) is 10.1. The Balaban J connectivity index is 1.62. The highest BCUT2D eigenvalue weighted by atomic mass is 16.1. The first-order valence-corrected chi connectivity index (χ1v) is 9.79. The lowest BCUT2D eigenvalue weighted by Gasteiger charge is -2.08. The standard InChI is InChI=1S/C23H24N6O2/c1-15(30)28-19-6-8-20(9-7-19)29-23-26-13-18(14-27-23)17-4-2-3-16(11-17)5-10-21(31)12-22(24)25/h2-4,6-9,11,13-14H,5,10,12H2,1H3,(H3,24,25)(H,28,30)(H,26,27,29). The topological polar surface area (TPSA) is 134 Å². The van der Waals surface area contributed by atoms with Gasteiger partial charge in [0.05, 0.1) is 12.3 Å². The van der Waals surface area contributed by atoms with Gasteiger partial charge in [-0.1, -0.05) is 24.3 Å².